The fraction of sp³-hybridized carbons (Fsp3) is 0.364. The van der Waals surface area contributed by atoms with Gasteiger partial charge in [-0.25, -0.2) is 8.78 Å². The fourth-order valence-electron chi connectivity index (χ4n) is 1.65. The van der Waals surface area contributed by atoms with Crippen LogP contribution in [0.25, 0.3) is 0 Å². The lowest BCUT2D eigenvalue weighted by Gasteiger charge is -2.26. The first-order valence-corrected chi connectivity index (χ1v) is 7.06. The highest BCUT2D eigenvalue weighted by Gasteiger charge is 2.25. The van der Waals surface area contributed by atoms with Crippen molar-refractivity contribution in [2.75, 3.05) is 24.6 Å². The summed E-state index contributed by atoms with van der Waals surface area (Å²) < 4.78 is 27.0. The van der Waals surface area contributed by atoms with Crippen molar-refractivity contribution in [3.05, 3.63) is 33.8 Å². The van der Waals surface area contributed by atoms with Gasteiger partial charge < -0.3 is 4.90 Å². The Morgan fingerprint density at radius 2 is 1.94 bits per heavy atom. The third kappa shape index (κ3) is 2.63. The normalized spacial score (nSPS) is 16.1. The molecule has 0 aromatic heterocycles. The van der Waals surface area contributed by atoms with E-state index in [0.717, 1.165) is 17.6 Å². The number of hydrogen-bond donors (Lipinski definition) is 0. The minimum absolute atomic E-state index is 0.211. The van der Waals surface area contributed by atoms with E-state index < -0.39 is 17.5 Å². The number of carbonyl (C=O) groups is 1. The average Bonchev–Trinajstić information content (AvgIpc) is 2.35. The van der Waals surface area contributed by atoms with Crippen LogP contribution in [0.15, 0.2) is 16.6 Å². The third-order valence-electron chi connectivity index (χ3n) is 2.56. The molecule has 17 heavy (non-hydrogen) atoms. The van der Waals surface area contributed by atoms with Gasteiger partial charge >= 0.3 is 0 Å². The van der Waals surface area contributed by atoms with Gasteiger partial charge in [0.05, 0.1) is 5.56 Å². The number of amides is 1. The molecule has 1 saturated heterocycles. The Balaban J connectivity index is 2.32. The lowest BCUT2D eigenvalue weighted by molar-refractivity contribution is 0.0765. The van der Waals surface area contributed by atoms with Crippen LogP contribution in [0.3, 0.4) is 0 Å². The number of nitrogens with zero attached hydrogens (tertiary/aromatic N) is 1. The lowest BCUT2D eigenvalue weighted by atomic mass is 10.1. The molecule has 0 spiro atoms. The van der Waals surface area contributed by atoms with E-state index in [1.807, 2.05) is 0 Å². The van der Waals surface area contributed by atoms with Gasteiger partial charge in [-0.05, 0) is 28.1 Å². The first-order valence-electron chi connectivity index (χ1n) is 5.12. The summed E-state index contributed by atoms with van der Waals surface area (Å²) in [7, 11) is 0. The molecule has 1 aliphatic rings. The molecule has 0 radical (unpaired) electrons. The Morgan fingerprint density at radius 1 is 1.29 bits per heavy atom. The maximum atomic E-state index is 13.6. The van der Waals surface area contributed by atoms with Crippen LogP contribution in [0.4, 0.5) is 8.78 Å². The van der Waals surface area contributed by atoms with Gasteiger partial charge in [0, 0.05) is 29.1 Å². The summed E-state index contributed by atoms with van der Waals surface area (Å²) in [6.07, 6.45) is 0. The summed E-state index contributed by atoms with van der Waals surface area (Å²) in [5.74, 6) is -0.861. The number of carbonyl (C=O) groups excluding carboxylic acids is 1. The van der Waals surface area contributed by atoms with Gasteiger partial charge in [-0.15, -0.1) is 0 Å². The zero-order valence-corrected chi connectivity index (χ0v) is 11.3. The molecular weight excluding hydrogens is 312 g/mol. The monoisotopic (exact) mass is 321 g/mol. The van der Waals surface area contributed by atoms with E-state index in [-0.39, 0.29) is 5.56 Å². The van der Waals surface area contributed by atoms with Gasteiger partial charge in [0.25, 0.3) is 5.91 Å². The van der Waals surface area contributed by atoms with E-state index in [9.17, 15) is 13.6 Å². The van der Waals surface area contributed by atoms with E-state index in [1.165, 1.54) is 6.07 Å². The SMILES string of the molecule is O=C(c1c(Br)ccc(F)c1F)N1CCSCC1. The second-order valence-electron chi connectivity index (χ2n) is 3.62. The number of rotatable bonds is 1. The molecule has 1 heterocycles. The van der Waals surface area contributed by atoms with Crippen molar-refractivity contribution < 1.29 is 13.6 Å². The molecule has 92 valence electrons. The standard InChI is InChI=1S/C11H10BrF2NOS/c12-7-1-2-8(13)10(14)9(7)11(16)15-3-5-17-6-4-15/h1-2H,3-6H2. The number of thioether (sulfide) groups is 1. The minimum Gasteiger partial charge on any atom is -0.337 e. The maximum Gasteiger partial charge on any atom is 0.258 e. The molecule has 1 fully saturated rings. The van der Waals surface area contributed by atoms with Crippen LogP contribution in [-0.2, 0) is 0 Å². The van der Waals surface area contributed by atoms with Crippen LogP contribution in [0.5, 0.6) is 0 Å². The summed E-state index contributed by atoms with van der Waals surface area (Å²) in [5.41, 5.74) is -0.211. The van der Waals surface area contributed by atoms with E-state index >= 15 is 0 Å². The molecule has 0 atom stereocenters. The van der Waals surface area contributed by atoms with Gasteiger partial charge in [0.1, 0.15) is 0 Å². The lowest BCUT2D eigenvalue weighted by Crippen LogP contribution is -2.38. The zero-order chi connectivity index (χ0) is 12.4. The zero-order valence-electron chi connectivity index (χ0n) is 8.88. The Bertz CT molecular complexity index is 449. The van der Waals surface area contributed by atoms with Crippen molar-refractivity contribution in [3.8, 4) is 0 Å². The van der Waals surface area contributed by atoms with E-state index in [2.05, 4.69) is 15.9 Å². The first kappa shape index (κ1) is 12.8. The first-order chi connectivity index (χ1) is 8.11. The number of halogens is 3. The predicted molar refractivity (Wildman–Crippen MR) is 67.3 cm³/mol. The van der Waals surface area contributed by atoms with Crippen LogP contribution in [0.2, 0.25) is 0 Å². The topological polar surface area (TPSA) is 20.3 Å². The highest BCUT2D eigenvalue weighted by Crippen LogP contribution is 2.24. The van der Waals surface area contributed by atoms with Gasteiger partial charge in [0.2, 0.25) is 0 Å². The molecule has 2 nitrogen and oxygen atoms in total. The Hall–Kier alpha value is -0.620. The van der Waals surface area contributed by atoms with Crippen LogP contribution < -0.4 is 0 Å². The van der Waals surface area contributed by atoms with Crippen molar-refractivity contribution in [2.45, 2.75) is 0 Å². The molecule has 1 amide bonds. The van der Waals surface area contributed by atoms with E-state index in [0.29, 0.717) is 17.6 Å². The van der Waals surface area contributed by atoms with Crippen molar-refractivity contribution in [3.63, 3.8) is 0 Å². The predicted octanol–water partition coefficient (Wildman–Crippen LogP) is 2.92. The minimum atomic E-state index is -1.08. The molecule has 2 rings (SSSR count). The third-order valence-corrected chi connectivity index (χ3v) is 4.16. The molecule has 6 heteroatoms. The van der Waals surface area contributed by atoms with Gasteiger partial charge in [-0.3, -0.25) is 4.79 Å². The summed E-state index contributed by atoms with van der Waals surface area (Å²) in [6, 6.07) is 2.35. The van der Waals surface area contributed by atoms with Gasteiger partial charge in [-0.2, -0.15) is 11.8 Å². The Labute approximate surface area is 110 Å². The van der Waals surface area contributed by atoms with Crippen LogP contribution in [-0.4, -0.2) is 35.4 Å². The summed E-state index contributed by atoms with van der Waals surface area (Å²) >= 11 is 4.84. The van der Waals surface area contributed by atoms with Crippen LogP contribution in [0, 0.1) is 11.6 Å². The highest BCUT2D eigenvalue weighted by molar-refractivity contribution is 9.10. The smallest absolute Gasteiger partial charge is 0.258 e. The van der Waals surface area contributed by atoms with E-state index in [4.69, 9.17) is 0 Å². The van der Waals surface area contributed by atoms with Crippen molar-refractivity contribution in [2.24, 2.45) is 0 Å². The van der Waals surface area contributed by atoms with Crippen molar-refractivity contribution in [1.82, 2.24) is 4.90 Å². The summed E-state index contributed by atoms with van der Waals surface area (Å²) in [4.78, 5) is 13.6. The number of hydrogen-bond acceptors (Lipinski definition) is 2. The quantitative estimate of drug-likeness (QED) is 0.741. The molecule has 1 aromatic carbocycles. The molecule has 0 aliphatic carbocycles. The van der Waals surface area contributed by atoms with E-state index in [1.54, 1.807) is 16.7 Å². The van der Waals surface area contributed by atoms with Gasteiger partial charge in [-0.1, -0.05) is 0 Å². The maximum absolute atomic E-state index is 13.6. The molecule has 0 unspecified atom stereocenters. The van der Waals surface area contributed by atoms with Gasteiger partial charge in [0.15, 0.2) is 11.6 Å². The highest BCUT2D eigenvalue weighted by atomic mass is 79.9. The number of benzene rings is 1. The largest absolute Gasteiger partial charge is 0.337 e. The molecule has 0 N–H and O–H groups in total. The fourth-order valence-corrected chi connectivity index (χ4v) is 3.03. The summed E-state index contributed by atoms with van der Waals surface area (Å²) in [5, 5.41) is 0. The molecule has 0 saturated carbocycles. The van der Waals surface area contributed by atoms with Crippen LogP contribution >= 0.6 is 27.7 Å². The van der Waals surface area contributed by atoms with Crippen molar-refractivity contribution in [1.29, 1.82) is 0 Å². The average molecular weight is 322 g/mol. The Kier molecular flexibility index (Phi) is 4.04. The Morgan fingerprint density at radius 3 is 2.59 bits per heavy atom. The summed E-state index contributed by atoms with van der Waals surface area (Å²) in [6.45, 7) is 1.15. The molecule has 1 aromatic rings. The van der Waals surface area contributed by atoms with Crippen LogP contribution in [0.1, 0.15) is 10.4 Å². The molecular formula is C11H10BrF2NOS. The second-order valence-corrected chi connectivity index (χ2v) is 5.70. The molecule has 0 bridgehead atoms. The van der Waals surface area contributed by atoms with Crippen molar-refractivity contribution >= 4 is 33.6 Å². The molecule has 1 aliphatic heterocycles. The second kappa shape index (κ2) is 5.35.